The molecule has 0 aromatic carbocycles. The summed E-state index contributed by atoms with van der Waals surface area (Å²) in [6.07, 6.45) is 3.60. The van der Waals surface area contributed by atoms with Crippen molar-refractivity contribution in [2.45, 2.75) is 43.3 Å². The first-order chi connectivity index (χ1) is 7.51. The fourth-order valence-corrected chi connectivity index (χ4v) is 4.96. The number of sulfonamides is 1. The van der Waals surface area contributed by atoms with Crippen molar-refractivity contribution in [3.63, 3.8) is 0 Å². The molecule has 1 saturated heterocycles. The molecule has 0 spiro atoms. The predicted molar refractivity (Wildman–Crippen MR) is 58.6 cm³/mol. The zero-order chi connectivity index (χ0) is 11.8. The highest BCUT2D eigenvalue weighted by Crippen LogP contribution is 2.39. The van der Waals surface area contributed by atoms with E-state index in [1.807, 2.05) is 0 Å². The van der Waals surface area contributed by atoms with Crippen LogP contribution in [0.1, 0.15) is 38.5 Å². The summed E-state index contributed by atoms with van der Waals surface area (Å²) in [7, 11) is -3.67. The van der Waals surface area contributed by atoms with E-state index < -0.39 is 20.7 Å². The molecule has 1 aliphatic heterocycles. The van der Waals surface area contributed by atoms with Gasteiger partial charge in [0.25, 0.3) is 0 Å². The summed E-state index contributed by atoms with van der Waals surface area (Å²) >= 11 is 0. The van der Waals surface area contributed by atoms with Crippen LogP contribution in [-0.4, -0.2) is 41.6 Å². The van der Waals surface area contributed by atoms with E-state index in [0.29, 0.717) is 25.9 Å². The number of hydrogen-bond donors (Lipinski definition) is 1. The lowest BCUT2D eigenvalue weighted by molar-refractivity contribution is -0.140. The van der Waals surface area contributed by atoms with Gasteiger partial charge in [0, 0.05) is 13.1 Å². The molecule has 0 amide bonds. The minimum Gasteiger partial charge on any atom is -0.480 e. The molecule has 0 radical (unpaired) electrons. The average molecular weight is 247 g/mol. The molecular formula is C10H17NO4S. The van der Waals surface area contributed by atoms with Gasteiger partial charge in [-0.1, -0.05) is 12.8 Å². The molecule has 1 aliphatic carbocycles. The minimum atomic E-state index is -3.67. The maximum absolute atomic E-state index is 12.3. The molecule has 6 heteroatoms. The summed E-state index contributed by atoms with van der Waals surface area (Å²) < 4.78 is 24.5. The lowest BCUT2D eigenvalue weighted by Gasteiger charge is -2.29. The Morgan fingerprint density at radius 1 is 1.06 bits per heavy atom. The van der Waals surface area contributed by atoms with Gasteiger partial charge in [0.1, 0.15) is 0 Å². The number of carbonyl (C=O) groups is 1. The van der Waals surface area contributed by atoms with Crippen LogP contribution in [-0.2, 0) is 14.8 Å². The summed E-state index contributed by atoms with van der Waals surface area (Å²) in [4.78, 5) is 11.3. The van der Waals surface area contributed by atoms with Crippen molar-refractivity contribution in [3.05, 3.63) is 0 Å². The highest BCUT2D eigenvalue weighted by Gasteiger charge is 2.55. The zero-order valence-electron chi connectivity index (χ0n) is 9.18. The van der Waals surface area contributed by atoms with Gasteiger partial charge in [-0.25, -0.2) is 12.7 Å². The lowest BCUT2D eigenvalue weighted by Crippen LogP contribution is -2.51. The van der Waals surface area contributed by atoms with Crippen molar-refractivity contribution in [3.8, 4) is 0 Å². The van der Waals surface area contributed by atoms with E-state index in [9.17, 15) is 18.3 Å². The van der Waals surface area contributed by atoms with Gasteiger partial charge in [0.2, 0.25) is 10.0 Å². The standard InChI is InChI=1S/C10H17NO4S/c12-9(13)10(5-1-2-6-10)16(14,15)11-7-3-4-8-11/h1-8H2,(H,12,13). The van der Waals surface area contributed by atoms with Crippen molar-refractivity contribution in [2.24, 2.45) is 0 Å². The first kappa shape index (κ1) is 11.9. The monoisotopic (exact) mass is 247 g/mol. The molecule has 2 rings (SSSR count). The molecule has 0 aromatic rings. The molecule has 92 valence electrons. The largest absolute Gasteiger partial charge is 0.480 e. The quantitative estimate of drug-likeness (QED) is 0.800. The van der Waals surface area contributed by atoms with Gasteiger partial charge in [-0.2, -0.15) is 0 Å². The third kappa shape index (κ3) is 1.55. The maximum atomic E-state index is 12.3. The van der Waals surface area contributed by atoms with Crippen molar-refractivity contribution >= 4 is 16.0 Å². The van der Waals surface area contributed by atoms with E-state index in [2.05, 4.69) is 0 Å². The van der Waals surface area contributed by atoms with E-state index >= 15 is 0 Å². The van der Waals surface area contributed by atoms with Crippen LogP contribution in [0.2, 0.25) is 0 Å². The highest BCUT2D eigenvalue weighted by molar-refractivity contribution is 7.91. The van der Waals surface area contributed by atoms with E-state index in [-0.39, 0.29) is 12.8 Å². The van der Waals surface area contributed by atoms with Gasteiger partial charge in [0.15, 0.2) is 4.75 Å². The van der Waals surface area contributed by atoms with Gasteiger partial charge in [-0.3, -0.25) is 4.79 Å². The number of carboxylic acids is 1. The second kappa shape index (κ2) is 4.00. The van der Waals surface area contributed by atoms with E-state index in [0.717, 1.165) is 12.8 Å². The van der Waals surface area contributed by atoms with Crippen LogP contribution < -0.4 is 0 Å². The molecule has 5 nitrogen and oxygen atoms in total. The number of rotatable bonds is 3. The van der Waals surface area contributed by atoms with E-state index in [4.69, 9.17) is 0 Å². The fraction of sp³-hybridized carbons (Fsp3) is 0.900. The van der Waals surface area contributed by atoms with Crippen molar-refractivity contribution in [2.75, 3.05) is 13.1 Å². The van der Waals surface area contributed by atoms with Gasteiger partial charge in [0.05, 0.1) is 0 Å². The Bertz CT molecular complexity index is 378. The van der Waals surface area contributed by atoms with Gasteiger partial charge in [-0.05, 0) is 25.7 Å². The van der Waals surface area contributed by atoms with Gasteiger partial charge in [-0.15, -0.1) is 0 Å². The molecule has 0 aromatic heterocycles. The molecule has 1 N–H and O–H groups in total. The van der Waals surface area contributed by atoms with Gasteiger partial charge < -0.3 is 5.11 Å². The topological polar surface area (TPSA) is 74.7 Å². The molecule has 2 aliphatic rings. The zero-order valence-corrected chi connectivity index (χ0v) is 10.0. The minimum absolute atomic E-state index is 0.265. The normalized spacial score (nSPS) is 26.0. The van der Waals surface area contributed by atoms with Gasteiger partial charge >= 0.3 is 5.97 Å². The highest BCUT2D eigenvalue weighted by atomic mass is 32.2. The Hall–Kier alpha value is -0.620. The Morgan fingerprint density at radius 2 is 1.56 bits per heavy atom. The first-order valence-electron chi connectivity index (χ1n) is 5.74. The van der Waals surface area contributed by atoms with Crippen LogP contribution in [0, 0.1) is 0 Å². The summed E-state index contributed by atoms with van der Waals surface area (Å²) in [5.41, 5.74) is 0. The van der Waals surface area contributed by atoms with Crippen LogP contribution in [0.25, 0.3) is 0 Å². The van der Waals surface area contributed by atoms with Crippen molar-refractivity contribution in [1.29, 1.82) is 0 Å². The SMILES string of the molecule is O=C(O)C1(S(=O)(=O)N2CCCC2)CCCC1. The van der Waals surface area contributed by atoms with Crippen molar-refractivity contribution in [1.82, 2.24) is 4.31 Å². The molecule has 0 unspecified atom stereocenters. The molecule has 0 atom stereocenters. The Kier molecular flexibility index (Phi) is 2.96. The van der Waals surface area contributed by atoms with Crippen LogP contribution in [0.3, 0.4) is 0 Å². The lowest BCUT2D eigenvalue weighted by atomic mass is 10.1. The van der Waals surface area contributed by atoms with E-state index in [1.165, 1.54) is 4.31 Å². The van der Waals surface area contributed by atoms with Crippen LogP contribution in [0.5, 0.6) is 0 Å². The average Bonchev–Trinajstić information content (AvgIpc) is 2.90. The Morgan fingerprint density at radius 3 is 2.00 bits per heavy atom. The van der Waals surface area contributed by atoms with Crippen LogP contribution in [0.4, 0.5) is 0 Å². The summed E-state index contributed by atoms with van der Waals surface area (Å²) in [6, 6.07) is 0. The number of nitrogens with zero attached hydrogens (tertiary/aromatic N) is 1. The number of aliphatic carboxylic acids is 1. The number of hydrogen-bond acceptors (Lipinski definition) is 3. The summed E-state index contributed by atoms with van der Waals surface area (Å²) in [5, 5.41) is 9.25. The summed E-state index contributed by atoms with van der Waals surface area (Å²) in [6.45, 7) is 0.967. The summed E-state index contributed by atoms with van der Waals surface area (Å²) in [5.74, 6) is -1.17. The molecular weight excluding hydrogens is 230 g/mol. The maximum Gasteiger partial charge on any atom is 0.326 e. The second-order valence-corrected chi connectivity index (χ2v) is 6.87. The number of carboxylic acid groups (broad SMARTS) is 1. The third-order valence-electron chi connectivity index (χ3n) is 3.70. The van der Waals surface area contributed by atoms with Crippen LogP contribution >= 0.6 is 0 Å². The third-order valence-corrected chi connectivity index (χ3v) is 6.32. The Balaban J connectivity index is 2.36. The van der Waals surface area contributed by atoms with Crippen LogP contribution in [0.15, 0.2) is 0 Å². The fourth-order valence-electron chi connectivity index (χ4n) is 2.70. The Labute approximate surface area is 95.5 Å². The molecule has 1 saturated carbocycles. The second-order valence-electron chi connectivity index (χ2n) is 4.62. The predicted octanol–water partition coefficient (Wildman–Crippen LogP) is 0.809. The molecule has 0 bridgehead atoms. The van der Waals surface area contributed by atoms with Crippen molar-refractivity contribution < 1.29 is 18.3 Å². The first-order valence-corrected chi connectivity index (χ1v) is 7.18. The molecule has 16 heavy (non-hydrogen) atoms. The molecule has 1 heterocycles. The smallest absolute Gasteiger partial charge is 0.326 e. The molecule has 2 fully saturated rings. The van der Waals surface area contributed by atoms with E-state index in [1.54, 1.807) is 0 Å².